The fourth-order valence-corrected chi connectivity index (χ4v) is 2.23. The molecule has 0 unspecified atom stereocenters. The van der Waals surface area contributed by atoms with Crippen LogP contribution in [0.15, 0.2) is 24.3 Å². The topological polar surface area (TPSA) is 55.1 Å². The van der Waals surface area contributed by atoms with Crippen LogP contribution in [0.5, 0.6) is 0 Å². The number of carbonyl (C=O) groups is 1. The van der Waals surface area contributed by atoms with Gasteiger partial charge >= 0.3 is 0 Å². The van der Waals surface area contributed by atoms with Crippen LogP contribution in [0.2, 0.25) is 0 Å². The molecule has 0 aliphatic heterocycles. The van der Waals surface area contributed by atoms with Crippen molar-refractivity contribution in [3.8, 4) is 0 Å². The number of rotatable bonds is 6. The Balaban J connectivity index is 2.53. The molecular formula is C14H22N2OS. The van der Waals surface area contributed by atoms with Gasteiger partial charge in [-0.05, 0) is 36.3 Å². The summed E-state index contributed by atoms with van der Waals surface area (Å²) in [7, 11) is 0. The number of anilines is 1. The van der Waals surface area contributed by atoms with Crippen LogP contribution in [0.3, 0.4) is 0 Å². The van der Waals surface area contributed by atoms with Crippen molar-refractivity contribution in [3.05, 3.63) is 29.8 Å². The first-order chi connectivity index (χ1) is 8.52. The maximum Gasteiger partial charge on any atom is 0.241 e. The summed E-state index contributed by atoms with van der Waals surface area (Å²) in [5, 5.41) is 2.85. The van der Waals surface area contributed by atoms with E-state index in [0.717, 1.165) is 11.4 Å². The normalized spacial score (nSPS) is 12.5. The molecule has 1 amide bonds. The van der Waals surface area contributed by atoms with Crippen LogP contribution in [-0.4, -0.2) is 18.2 Å². The van der Waals surface area contributed by atoms with E-state index in [4.69, 9.17) is 5.73 Å². The zero-order chi connectivity index (χ0) is 13.5. The van der Waals surface area contributed by atoms with Crippen LogP contribution in [0.1, 0.15) is 25.8 Å². The van der Waals surface area contributed by atoms with E-state index in [0.29, 0.717) is 12.3 Å². The molecule has 1 rings (SSSR count). The minimum absolute atomic E-state index is 0.110. The van der Waals surface area contributed by atoms with E-state index in [9.17, 15) is 4.79 Å². The third-order valence-electron chi connectivity index (χ3n) is 2.59. The molecule has 4 heteroatoms. The van der Waals surface area contributed by atoms with Crippen molar-refractivity contribution in [2.75, 3.05) is 11.6 Å². The monoisotopic (exact) mass is 266 g/mol. The molecule has 0 heterocycles. The van der Waals surface area contributed by atoms with Gasteiger partial charge in [0.15, 0.2) is 0 Å². The third-order valence-corrected chi connectivity index (χ3v) is 3.22. The molecule has 0 saturated heterocycles. The highest BCUT2D eigenvalue weighted by atomic mass is 32.2. The summed E-state index contributed by atoms with van der Waals surface area (Å²) in [6.07, 6.45) is 2.77. The first-order valence-electron chi connectivity index (χ1n) is 6.17. The molecule has 0 bridgehead atoms. The molecule has 1 aromatic rings. The summed E-state index contributed by atoms with van der Waals surface area (Å²) < 4.78 is 0. The van der Waals surface area contributed by atoms with E-state index in [-0.39, 0.29) is 5.91 Å². The first-order valence-corrected chi connectivity index (χ1v) is 7.56. The Labute approximate surface area is 114 Å². The second-order valence-electron chi connectivity index (χ2n) is 4.86. The lowest BCUT2D eigenvalue weighted by molar-refractivity contribution is -0.117. The lowest BCUT2D eigenvalue weighted by atomic mass is 10.0. The Hall–Kier alpha value is -1.00. The molecule has 3 N–H and O–H groups in total. The number of nitrogens with one attached hydrogen (secondary N) is 1. The van der Waals surface area contributed by atoms with Gasteiger partial charge in [-0.25, -0.2) is 0 Å². The molecule has 18 heavy (non-hydrogen) atoms. The largest absolute Gasteiger partial charge is 0.325 e. The number of hydrogen-bond acceptors (Lipinski definition) is 3. The van der Waals surface area contributed by atoms with Gasteiger partial charge in [-0.15, -0.1) is 0 Å². The highest BCUT2D eigenvalue weighted by molar-refractivity contribution is 7.97. The molecule has 0 aromatic heterocycles. The highest BCUT2D eigenvalue weighted by Gasteiger charge is 2.14. The maximum atomic E-state index is 11.8. The van der Waals surface area contributed by atoms with Gasteiger partial charge in [0.1, 0.15) is 0 Å². The molecule has 100 valence electrons. The van der Waals surface area contributed by atoms with Gasteiger partial charge in [0.05, 0.1) is 6.04 Å². The minimum atomic E-state index is -0.434. The van der Waals surface area contributed by atoms with Crippen LogP contribution in [0.25, 0.3) is 0 Å². The van der Waals surface area contributed by atoms with Crippen molar-refractivity contribution in [2.24, 2.45) is 11.7 Å². The molecule has 1 aromatic carbocycles. The molecule has 1 atom stereocenters. The number of amides is 1. The Morgan fingerprint density at radius 2 is 1.94 bits per heavy atom. The molecule has 0 spiro atoms. The fourth-order valence-electron chi connectivity index (χ4n) is 1.70. The van der Waals surface area contributed by atoms with E-state index in [1.165, 1.54) is 5.56 Å². The summed E-state index contributed by atoms with van der Waals surface area (Å²) in [6.45, 7) is 4.12. The molecule has 0 saturated carbocycles. The molecular weight excluding hydrogens is 244 g/mol. The van der Waals surface area contributed by atoms with Gasteiger partial charge in [-0.1, -0.05) is 26.0 Å². The van der Waals surface area contributed by atoms with Gasteiger partial charge in [0.25, 0.3) is 0 Å². The van der Waals surface area contributed by atoms with Gasteiger partial charge in [0, 0.05) is 11.4 Å². The summed E-state index contributed by atoms with van der Waals surface area (Å²) in [5.74, 6) is 1.30. The van der Waals surface area contributed by atoms with Crippen molar-refractivity contribution < 1.29 is 4.79 Å². The van der Waals surface area contributed by atoms with Crippen LogP contribution in [0.4, 0.5) is 5.69 Å². The lowest BCUT2D eigenvalue weighted by Gasteiger charge is -2.14. The number of hydrogen-bond donors (Lipinski definition) is 2. The average Bonchev–Trinajstić information content (AvgIpc) is 2.31. The Kier molecular flexibility index (Phi) is 6.22. The minimum Gasteiger partial charge on any atom is -0.325 e. The van der Waals surface area contributed by atoms with E-state index < -0.39 is 6.04 Å². The standard InChI is InChI=1S/C14H22N2OS/c1-10(2)8-13(15)14(17)16-12-6-4-11(5-7-12)9-18-3/h4-7,10,13H,8-9,15H2,1-3H3,(H,16,17)/t13-/m0/s1. The van der Waals surface area contributed by atoms with E-state index in [1.54, 1.807) is 11.8 Å². The van der Waals surface area contributed by atoms with Crippen LogP contribution >= 0.6 is 11.8 Å². The second kappa shape index (κ2) is 7.44. The van der Waals surface area contributed by atoms with E-state index in [1.807, 2.05) is 24.3 Å². The van der Waals surface area contributed by atoms with Crippen LogP contribution < -0.4 is 11.1 Å². The first kappa shape index (κ1) is 15.1. The number of nitrogens with two attached hydrogens (primary N) is 1. The highest BCUT2D eigenvalue weighted by Crippen LogP contribution is 2.14. The average molecular weight is 266 g/mol. The molecule has 3 nitrogen and oxygen atoms in total. The smallest absolute Gasteiger partial charge is 0.241 e. The summed E-state index contributed by atoms with van der Waals surface area (Å²) in [6, 6.07) is 7.47. The maximum absolute atomic E-state index is 11.8. The van der Waals surface area contributed by atoms with Crippen LogP contribution in [0, 0.1) is 5.92 Å². The molecule has 0 aliphatic rings. The fraction of sp³-hybridized carbons (Fsp3) is 0.500. The van der Waals surface area contributed by atoms with E-state index >= 15 is 0 Å². The van der Waals surface area contributed by atoms with Gasteiger partial charge in [-0.2, -0.15) is 11.8 Å². The SMILES string of the molecule is CSCc1ccc(NC(=O)[C@@H](N)CC(C)C)cc1. The summed E-state index contributed by atoms with van der Waals surface area (Å²) in [5.41, 5.74) is 7.89. The zero-order valence-electron chi connectivity index (χ0n) is 11.3. The van der Waals surface area contributed by atoms with Crippen molar-refractivity contribution in [1.82, 2.24) is 0 Å². The van der Waals surface area contributed by atoms with Crippen molar-refractivity contribution >= 4 is 23.4 Å². The Bertz CT molecular complexity index is 376. The van der Waals surface area contributed by atoms with Gasteiger partial charge in [0.2, 0.25) is 5.91 Å². The summed E-state index contributed by atoms with van der Waals surface area (Å²) >= 11 is 1.78. The van der Waals surface area contributed by atoms with Crippen molar-refractivity contribution in [3.63, 3.8) is 0 Å². The zero-order valence-corrected chi connectivity index (χ0v) is 12.1. The second-order valence-corrected chi connectivity index (χ2v) is 5.72. The molecule has 0 radical (unpaired) electrons. The number of carbonyl (C=O) groups excluding carboxylic acids is 1. The van der Waals surface area contributed by atoms with Crippen molar-refractivity contribution in [1.29, 1.82) is 0 Å². The molecule has 0 aliphatic carbocycles. The number of benzene rings is 1. The third kappa shape index (κ3) is 5.10. The lowest BCUT2D eigenvalue weighted by Crippen LogP contribution is -2.36. The molecule has 0 fully saturated rings. The van der Waals surface area contributed by atoms with Gasteiger partial charge in [-0.3, -0.25) is 4.79 Å². The number of thioether (sulfide) groups is 1. The predicted molar refractivity (Wildman–Crippen MR) is 79.7 cm³/mol. The quantitative estimate of drug-likeness (QED) is 0.832. The van der Waals surface area contributed by atoms with Crippen LogP contribution in [-0.2, 0) is 10.5 Å². The van der Waals surface area contributed by atoms with Gasteiger partial charge < -0.3 is 11.1 Å². The Morgan fingerprint density at radius 1 is 1.33 bits per heavy atom. The van der Waals surface area contributed by atoms with Crippen molar-refractivity contribution in [2.45, 2.75) is 32.1 Å². The van der Waals surface area contributed by atoms with E-state index in [2.05, 4.69) is 25.4 Å². The predicted octanol–water partition coefficient (Wildman–Crippen LogP) is 2.86. The Morgan fingerprint density at radius 3 is 2.44 bits per heavy atom. The summed E-state index contributed by atoms with van der Waals surface area (Å²) in [4.78, 5) is 11.8.